The third-order valence-electron chi connectivity index (χ3n) is 2.86. The number of carbonyl (C=O) groups excluding carboxylic acids is 1. The molecule has 1 aromatic rings. The van der Waals surface area contributed by atoms with Crippen molar-refractivity contribution in [1.82, 2.24) is 15.5 Å². The van der Waals surface area contributed by atoms with Crippen molar-refractivity contribution in [3.05, 3.63) is 5.01 Å². The van der Waals surface area contributed by atoms with Gasteiger partial charge < -0.3 is 5.32 Å². The first kappa shape index (κ1) is 11.5. The molecule has 1 saturated heterocycles. The molecule has 0 aliphatic carbocycles. The van der Waals surface area contributed by atoms with Gasteiger partial charge in [0.25, 0.3) is 0 Å². The van der Waals surface area contributed by atoms with Gasteiger partial charge in [-0.15, -0.1) is 10.2 Å². The zero-order valence-electron chi connectivity index (χ0n) is 9.54. The lowest BCUT2D eigenvalue weighted by Crippen LogP contribution is -2.47. The normalized spacial score (nSPS) is 24.6. The molecule has 1 aliphatic heterocycles. The van der Waals surface area contributed by atoms with Gasteiger partial charge in [0, 0.05) is 0 Å². The summed E-state index contributed by atoms with van der Waals surface area (Å²) in [6, 6.07) is 0. The molecule has 0 saturated carbocycles. The standard InChI is InChI=1S/C10H16N4OS/c1-3-7-13-14-9(16-7)12-8(15)10(2)5-4-6-11-10/h11H,3-6H2,1-2H3,(H,12,14,15). The van der Waals surface area contributed by atoms with Gasteiger partial charge in [-0.05, 0) is 32.7 Å². The summed E-state index contributed by atoms with van der Waals surface area (Å²) in [7, 11) is 0. The molecular formula is C10H16N4OS. The highest BCUT2D eigenvalue weighted by Crippen LogP contribution is 2.22. The van der Waals surface area contributed by atoms with E-state index in [-0.39, 0.29) is 5.91 Å². The molecule has 6 heteroatoms. The maximum atomic E-state index is 12.0. The van der Waals surface area contributed by atoms with Crippen molar-refractivity contribution in [2.24, 2.45) is 0 Å². The summed E-state index contributed by atoms with van der Waals surface area (Å²) in [5.74, 6) is -0.0104. The van der Waals surface area contributed by atoms with E-state index in [1.165, 1.54) is 11.3 Å². The van der Waals surface area contributed by atoms with E-state index in [0.29, 0.717) is 5.13 Å². The first-order chi connectivity index (χ1) is 7.64. The maximum Gasteiger partial charge on any atom is 0.246 e. The van der Waals surface area contributed by atoms with Crippen LogP contribution in [0.3, 0.4) is 0 Å². The molecular weight excluding hydrogens is 224 g/mol. The monoisotopic (exact) mass is 240 g/mol. The van der Waals surface area contributed by atoms with E-state index in [1.54, 1.807) is 0 Å². The lowest BCUT2D eigenvalue weighted by molar-refractivity contribution is -0.121. The van der Waals surface area contributed by atoms with Crippen LogP contribution in [0.4, 0.5) is 5.13 Å². The van der Waals surface area contributed by atoms with E-state index in [9.17, 15) is 4.79 Å². The summed E-state index contributed by atoms with van der Waals surface area (Å²) in [4.78, 5) is 12.0. The number of aromatic nitrogens is 2. The summed E-state index contributed by atoms with van der Waals surface area (Å²) in [5.41, 5.74) is -0.446. The fraction of sp³-hybridized carbons (Fsp3) is 0.700. The van der Waals surface area contributed by atoms with Crippen LogP contribution < -0.4 is 10.6 Å². The predicted octanol–water partition coefficient (Wildman–Crippen LogP) is 1.18. The van der Waals surface area contributed by atoms with Gasteiger partial charge in [0.2, 0.25) is 11.0 Å². The highest BCUT2D eigenvalue weighted by Gasteiger charge is 2.36. The molecule has 0 radical (unpaired) electrons. The Morgan fingerprint density at radius 3 is 3.00 bits per heavy atom. The van der Waals surface area contributed by atoms with Gasteiger partial charge in [0.05, 0.1) is 5.54 Å². The predicted molar refractivity (Wildman–Crippen MR) is 63.6 cm³/mol. The molecule has 88 valence electrons. The first-order valence-electron chi connectivity index (χ1n) is 5.53. The zero-order valence-corrected chi connectivity index (χ0v) is 10.4. The number of anilines is 1. The Balaban J connectivity index is 2.01. The van der Waals surface area contributed by atoms with E-state index in [1.807, 2.05) is 13.8 Å². The molecule has 1 unspecified atom stereocenters. The lowest BCUT2D eigenvalue weighted by atomic mass is 10.00. The molecule has 1 aliphatic rings. The highest BCUT2D eigenvalue weighted by atomic mass is 32.1. The van der Waals surface area contributed by atoms with Gasteiger partial charge >= 0.3 is 0 Å². The van der Waals surface area contributed by atoms with Gasteiger partial charge in [-0.2, -0.15) is 0 Å². The van der Waals surface area contributed by atoms with Crippen molar-refractivity contribution in [3.63, 3.8) is 0 Å². The number of carbonyl (C=O) groups is 1. The van der Waals surface area contributed by atoms with Crippen molar-refractivity contribution in [3.8, 4) is 0 Å². The van der Waals surface area contributed by atoms with Crippen LogP contribution in [0.1, 0.15) is 31.7 Å². The second kappa shape index (κ2) is 4.47. The zero-order chi connectivity index (χ0) is 11.6. The molecule has 2 rings (SSSR count). The van der Waals surface area contributed by atoms with E-state index >= 15 is 0 Å². The molecule has 2 heterocycles. The quantitative estimate of drug-likeness (QED) is 0.832. The molecule has 0 bridgehead atoms. The largest absolute Gasteiger partial charge is 0.304 e. The van der Waals surface area contributed by atoms with E-state index < -0.39 is 5.54 Å². The Kier molecular flexibility index (Phi) is 3.20. The Morgan fingerprint density at radius 1 is 1.62 bits per heavy atom. The first-order valence-corrected chi connectivity index (χ1v) is 6.34. The van der Waals surface area contributed by atoms with Crippen LogP contribution in [0.25, 0.3) is 0 Å². The molecule has 1 amide bonds. The van der Waals surface area contributed by atoms with Crippen molar-refractivity contribution >= 4 is 22.4 Å². The van der Waals surface area contributed by atoms with Crippen LogP contribution in [0.2, 0.25) is 0 Å². The van der Waals surface area contributed by atoms with E-state index in [4.69, 9.17) is 0 Å². The summed E-state index contributed by atoms with van der Waals surface area (Å²) in [6.07, 6.45) is 2.77. The minimum atomic E-state index is -0.446. The van der Waals surface area contributed by atoms with Crippen molar-refractivity contribution in [1.29, 1.82) is 0 Å². The smallest absolute Gasteiger partial charge is 0.246 e. The number of nitrogens with one attached hydrogen (secondary N) is 2. The van der Waals surface area contributed by atoms with Crippen molar-refractivity contribution < 1.29 is 4.79 Å². The fourth-order valence-corrected chi connectivity index (χ4v) is 2.45. The van der Waals surface area contributed by atoms with Crippen LogP contribution in [0.15, 0.2) is 0 Å². The topological polar surface area (TPSA) is 66.9 Å². The van der Waals surface area contributed by atoms with Crippen molar-refractivity contribution in [2.75, 3.05) is 11.9 Å². The average molecular weight is 240 g/mol. The number of nitrogens with zero attached hydrogens (tertiary/aromatic N) is 2. The lowest BCUT2D eigenvalue weighted by Gasteiger charge is -2.21. The second-order valence-electron chi connectivity index (χ2n) is 4.17. The summed E-state index contributed by atoms with van der Waals surface area (Å²) in [5, 5.41) is 15.5. The second-order valence-corrected chi connectivity index (χ2v) is 5.23. The Morgan fingerprint density at radius 2 is 2.44 bits per heavy atom. The summed E-state index contributed by atoms with van der Waals surface area (Å²) < 4.78 is 0. The Bertz CT molecular complexity index is 384. The van der Waals surface area contributed by atoms with Gasteiger partial charge in [-0.1, -0.05) is 18.3 Å². The van der Waals surface area contributed by atoms with Gasteiger partial charge in [-0.3, -0.25) is 10.1 Å². The molecule has 2 N–H and O–H groups in total. The molecule has 0 aromatic carbocycles. The van der Waals surface area contributed by atoms with Crippen LogP contribution in [0, 0.1) is 0 Å². The van der Waals surface area contributed by atoms with Gasteiger partial charge in [-0.25, -0.2) is 0 Å². The highest BCUT2D eigenvalue weighted by molar-refractivity contribution is 7.15. The average Bonchev–Trinajstić information content (AvgIpc) is 2.88. The fourth-order valence-electron chi connectivity index (χ4n) is 1.77. The third-order valence-corrected chi connectivity index (χ3v) is 3.84. The third kappa shape index (κ3) is 2.22. The number of hydrogen-bond acceptors (Lipinski definition) is 5. The van der Waals surface area contributed by atoms with E-state index in [2.05, 4.69) is 20.8 Å². The molecule has 1 atom stereocenters. The Labute approximate surface area is 98.7 Å². The number of hydrogen-bond donors (Lipinski definition) is 2. The van der Waals surface area contributed by atoms with E-state index in [0.717, 1.165) is 30.8 Å². The van der Waals surface area contributed by atoms with Crippen LogP contribution in [-0.4, -0.2) is 28.2 Å². The number of rotatable bonds is 3. The SMILES string of the molecule is CCc1nnc(NC(=O)C2(C)CCCN2)s1. The minimum absolute atomic E-state index is 0.0104. The van der Waals surface area contributed by atoms with Gasteiger partial charge in [0.1, 0.15) is 5.01 Å². The van der Waals surface area contributed by atoms with Crippen LogP contribution >= 0.6 is 11.3 Å². The summed E-state index contributed by atoms with van der Waals surface area (Å²) >= 11 is 1.44. The minimum Gasteiger partial charge on any atom is -0.304 e. The molecule has 16 heavy (non-hydrogen) atoms. The Hall–Kier alpha value is -1.01. The molecule has 0 spiro atoms. The van der Waals surface area contributed by atoms with Crippen molar-refractivity contribution in [2.45, 2.75) is 38.6 Å². The van der Waals surface area contributed by atoms with Crippen LogP contribution in [-0.2, 0) is 11.2 Å². The number of aryl methyl sites for hydroxylation is 1. The number of amides is 1. The maximum absolute atomic E-state index is 12.0. The molecule has 5 nitrogen and oxygen atoms in total. The van der Waals surface area contributed by atoms with Crippen LogP contribution in [0.5, 0.6) is 0 Å². The summed E-state index contributed by atoms with van der Waals surface area (Å²) in [6.45, 7) is 4.85. The molecule has 1 aromatic heterocycles. The van der Waals surface area contributed by atoms with Gasteiger partial charge in [0.15, 0.2) is 0 Å². The molecule has 1 fully saturated rings.